The number of aryl methyl sites for hydroxylation is 4. The molecule has 0 saturated heterocycles. The number of fused-ring (bicyclic) bond motifs is 4. The van der Waals surface area contributed by atoms with E-state index in [0.29, 0.717) is 0 Å². The summed E-state index contributed by atoms with van der Waals surface area (Å²) in [4.78, 5) is 2.88. The summed E-state index contributed by atoms with van der Waals surface area (Å²) in [5, 5.41) is 20.8. The second kappa shape index (κ2) is 11.3. The van der Waals surface area contributed by atoms with Crippen LogP contribution in [-0.4, -0.2) is 0 Å². The van der Waals surface area contributed by atoms with Gasteiger partial charge in [-0.25, -0.2) is 0 Å². The molecule has 4 aromatic heterocycles. The lowest BCUT2D eigenvalue weighted by molar-refractivity contribution is 0.656. The highest BCUT2D eigenvalue weighted by Crippen LogP contribution is 2.38. The molecule has 0 spiro atoms. The van der Waals surface area contributed by atoms with Gasteiger partial charge in [-0.15, -0.1) is 45.3 Å². The van der Waals surface area contributed by atoms with Crippen LogP contribution in [0.4, 0.5) is 8.78 Å². The van der Waals surface area contributed by atoms with Crippen LogP contribution in [0.25, 0.3) is 21.5 Å². The van der Waals surface area contributed by atoms with E-state index in [9.17, 15) is 8.78 Å². The summed E-state index contributed by atoms with van der Waals surface area (Å²) >= 11 is 6.41. The van der Waals surface area contributed by atoms with E-state index in [-0.39, 0.29) is 10.3 Å². The number of unbranched alkanes of at least 4 members (excludes halogenated alkanes) is 2. The zero-order valence-electron chi connectivity index (χ0n) is 29.4. The van der Waals surface area contributed by atoms with Gasteiger partial charge in [0.05, 0.1) is 0 Å². The van der Waals surface area contributed by atoms with Crippen molar-refractivity contribution in [3.05, 3.63) is 173 Å². The number of benzene rings is 4. The van der Waals surface area contributed by atoms with E-state index in [0.717, 1.165) is 40.4 Å². The Hall–Kier alpha value is -3.94. The zero-order valence-corrected chi connectivity index (χ0v) is 32.7. The predicted octanol–water partition coefficient (Wildman–Crippen LogP) is 13.1. The molecule has 0 amide bonds. The Balaban J connectivity index is 0.000000129. The molecule has 4 aliphatic carbocycles. The first-order valence-electron chi connectivity index (χ1n) is 18.4. The molecule has 256 valence electrons. The van der Waals surface area contributed by atoms with Crippen molar-refractivity contribution in [2.75, 3.05) is 0 Å². The minimum atomic E-state index is -0.145. The average molecular weight is 753 g/mol. The van der Waals surface area contributed by atoms with Crippen LogP contribution in [0.1, 0.15) is 60.4 Å². The van der Waals surface area contributed by atoms with Crippen LogP contribution >= 0.6 is 45.3 Å². The van der Waals surface area contributed by atoms with Gasteiger partial charge in [0.15, 0.2) is 10.3 Å². The molecule has 0 saturated carbocycles. The van der Waals surface area contributed by atoms with Gasteiger partial charge < -0.3 is 0 Å². The third-order valence-corrected chi connectivity index (χ3v) is 15.6. The van der Waals surface area contributed by atoms with Crippen LogP contribution in [0.15, 0.2) is 60.7 Å². The highest BCUT2D eigenvalue weighted by atomic mass is 32.1. The highest BCUT2D eigenvalue weighted by molar-refractivity contribution is 7.10. The van der Waals surface area contributed by atoms with E-state index in [1.54, 1.807) is 44.5 Å². The third kappa shape index (κ3) is 4.15. The lowest BCUT2D eigenvalue weighted by Crippen LogP contribution is -1.94. The van der Waals surface area contributed by atoms with E-state index in [1.807, 2.05) is 22.7 Å². The Kier molecular flexibility index (Phi) is 6.85. The highest BCUT2D eigenvalue weighted by Gasteiger charge is 2.20. The second-order valence-electron chi connectivity index (χ2n) is 14.7. The molecule has 0 bridgehead atoms. The Morgan fingerprint density at radius 2 is 0.827 bits per heavy atom. The lowest BCUT2D eigenvalue weighted by atomic mass is 9.95. The Labute approximate surface area is 312 Å². The van der Waals surface area contributed by atoms with Crippen molar-refractivity contribution >= 4 is 66.9 Å². The number of hydrogen-bond acceptors (Lipinski definition) is 4. The molecule has 4 aromatic carbocycles. The smallest absolute Gasteiger partial charge is 0.177 e. The fourth-order valence-electron chi connectivity index (χ4n) is 9.46. The SMILES string of the molecule is CCCCc1cc2c3c(c(CCCC)cc4c3c1=c1sc(C)cc1=4)=c1sc(C)cc1=2.Fc1cc2c(s1)=c1ccc3c4c(ccc=2c14)=c1sc(F)cc1=3. The van der Waals surface area contributed by atoms with Crippen molar-refractivity contribution in [1.29, 1.82) is 0 Å². The van der Waals surface area contributed by atoms with Crippen molar-refractivity contribution in [2.45, 2.75) is 66.2 Å². The van der Waals surface area contributed by atoms with Gasteiger partial charge in [0.2, 0.25) is 0 Å². The molecule has 0 unspecified atom stereocenters. The summed E-state index contributed by atoms with van der Waals surface area (Å²) < 4.78 is 32.4. The van der Waals surface area contributed by atoms with E-state index < -0.39 is 0 Å². The van der Waals surface area contributed by atoms with Gasteiger partial charge in [-0.3, -0.25) is 0 Å². The lowest BCUT2D eigenvalue weighted by Gasteiger charge is -2.09. The Bertz CT molecular complexity index is 3420. The van der Waals surface area contributed by atoms with Crippen LogP contribution < -0.4 is 0 Å². The van der Waals surface area contributed by atoms with Crippen LogP contribution in [0.2, 0.25) is 0 Å². The average Bonchev–Trinajstić information content (AvgIpc) is 4.00. The number of halogens is 2. The van der Waals surface area contributed by atoms with Gasteiger partial charge in [-0.05, 0) is 129 Å². The first-order valence-corrected chi connectivity index (χ1v) is 21.7. The molecule has 8 aromatic rings. The second-order valence-corrected chi connectivity index (χ2v) is 19.2. The maximum absolute atomic E-state index is 13.6. The topological polar surface area (TPSA) is 0 Å². The number of thiophene rings is 4. The summed E-state index contributed by atoms with van der Waals surface area (Å²) in [7, 11) is 0. The molecule has 0 radical (unpaired) electrons. The zero-order chi connectivity index (χ0) is 35.2. The normalized spacial score (nSPS) is 12.9. The van der Waals surface area contributed by atoms with E-state index in [2.05, 4.69) is 76.2 Å². The summed E-state index contributed by atoms with van der Waals surface area (Å²) in [6.07, 6.45) is 7.42. The first-order chi connectivity index (χ1) is 25.3. The standard InChI is InChI=1S/C28H28S2.C18H6F2S2/c1-5-7-9-17-13-19-21-11-16(4)30-28(21)24-18(10-8-6-2)14-20-22-12-15(3)29-27(22)23(17)25(20)26(19)24;19-13-5-11-7-1-3-9-16-8(12-6-14(20)21-17(9)12)2-4-10(15(7)16)18(11)22-13/h11-14H,5-10H2,1-4H3;1-6H. The largest absolute Gasteiger partial charge is 0.195 e. The van der Waals surface area contributed by atoms with E-state index in [4.69, 9.17) is 0 Å². The van der Waals surface area contributed by atoms with E-state index >= 15 is 0 Å². The summed E-state index contributed by atoms with van der Waals surface area (Å²) in [6, 6.07) is 21.5. The summed E-state index contributed by atoms with van der Waals surface area (Å²) in [6.45, 7) is 9.16. The van der Waals surface area contributed by atoms with Crippen LogP contribution in [0.3, 0.4) is 0 Å². The molecule has 0 fully saturated rings. The predicted molar refractivity (Wildman–Crippen MR) is 213 cm³/mol. The molecule has 12 rings (SSSR count). The molecule has 0 aliphatic heterocycles. The van der Waals surface area contributed by atoms with Gasteiger partial charge >= 0.3 is 0 Å². The fourth-order valence-corrected chi connectivity index (χ4v) is 13.6. The van der Waals surface area contributed by atoms with Crippen LogP contribution in [0, 0.1) is 105 Å². The van der Waals surface area contributed by atoms with Gasteiger partial charge in [-0.1, -0.05) is 51.0 Å². The van der Waals surface area contributed by atoms with Gasteiger partial charge in [0.25, 0.3) is 0 Å². The van der Waals surface area contributed by atoms with Gasteiger partial charge in [0.1, 0.15) is 0 Å². The quantitative estimate of drug-likeness (QED) is 0.159. The number of rotatable bonds is 6. The molecule has 6 heteroatoms. The molecule has 0 N–H and O–H groups in total. The third-order valence-electron chi connectivity index (χ3n) is 11.5. The van der Waals surface area contributed by atoms with Crippen LogP contribution in [-0.2, 0) is 12.8 Å². The molecule has 4 heterocycles. The summed E-state index contributed by atoms with van der Waals surface area (Å²) in [5.74, 6) is 0. The molecule has 0 atom stereocenters. The Morgan fingerprint density at radius 3 is 1.25 bits per heavy atom. The van der Waals surface area contributed by atoms with Crippen molar-refractivity contribution in [2.24, 2.45) is 0 Å². The molecule has 0 nitrogen and oxygen atoms in total. The summed E-state index contributed by atoms with van der Waals surface area (Å²) in [5.41, 5.74) is 3.15. The minimum absolute atomic E-state index is 0.145. The maximum Gasteiger partial charge on any atom is 0.177 e. The van der Waals surface area contributed by atoms with Crippen molar-refractivity contribution in [3.8, 4) is 0 Å². The molecule has 4 aliphatic rings. The number of hydrogen-bond donors (Lipinski definition) is 0. The van der Waals surface area contributed by atoms with E-state index in [1.165, 1.54) is 112 Å². The van der Waals surface area contributed by atoms with Gasteiger partial charge in [0, 0.05) is 69.6 Å². The first kappa shape index (κ1) is 31.6. The Morgan fingerprint density at radius 1 is 0.423 bits per heavy atom. The fraction of sp³-hybridized carbons (Fsp3) is 0.217. The molecular weight excluding hydrogens is 719 g/mol. The van der Waals surface area contributed by atoms with Crippen molar-refractivity contribution < 1.29 is 8.78 Å². The van der Waals surface area contributed by atoms with Gasteiger partial charge in [-0.2, -0.15) is 8.78 Å². The van der Waals surface area contributed by atoms with Crippen LogP contribution in [0.5, 0.6) is 0 Å². The monoisotopic (exact) mass is 752 g/mol. The molecule has 52 heavy (non-hydrogen) atoms. The maximum atomic E-state index is 13.6. The van der Waals surface area contributed by atoms with Crippen molar-refractivity contribution in [3.63, 3.8) is 0 Å². The minimum Gasteiger partial charge on any atom is -0.195 e. The van der Waals surface area contributed by atoms with Crippen molar-refractivity contribution in [1.82, 2.24) is 0 Å². The molecular formula is C46H34F2S4.